The summed E-state index contributed by atoms with van der Waals surface area (Å²) in [5.41, 5.74) is 1.23. The van der Waals surface area contributed by atoms with Gasteiger partial charge in [-0.3, -0.25) is 0 Å². The van der Waals surface area contributed by atoms with E-state index < -0.39 is 9.04 Å². The maximum atomic E-state index is 11.5. The van der Waals surface area contributed by atoms with E-state index >= 15 is 0 Å². The van der Waals surface area contributed by atoms with Crippen molar-refractivity contribution in [1.82, 2.24) is 0 Å². The molecule has 0 atom stereocenters. The molecule has 1 aliphatic rings. The minimum atomic E-state index is -1.34. The Labute approximate surface area is 153 Å². The second-order valence-electron chi connectivity index (χ2n) is 8.14. The van der Waals surface area contributed by atoms with E-state index in [2.05, 4.69) is 69.3 Å². The fourth-order valence-electron chi connectivity index (χ4n) is 3.19. The average Bonchev–Trinajstić information content (AvgIpc) is 2.58. The molecule has 0 aliphatic heterocycles. The Morgan fingerprint density at radius 1 is 1.00 bits per heavy atom. The van der Waals surface area contributed by atoms with Gasteiger partial charge < -0.3 is 9.22 Å². The van der Waals surface area contributed by atoms with E-state index in [4.69, 9.17) is 4.43 Å². The van der Waals surface area contributed by atoms with E-state index in [1.54, 1.807) is 0 Å². The first-order valence-electron chi connectivity index (χ1n) is 9.06. The number of hydrogen-bond donors (Lipinski definition) is 0. The normalized spacial score (nSPS) is 16.5. The molecule has 2 aromatic rings. The van der Waals surface area contributed by atoms with E-state index in [0.717, 1.165) is 25.5 Å². The molecule has 2 aromatic carbocycles. The summed E-state index contributed by atoms with van der Waals surface area (Å²) in [4.78, 5) is 11.5. The van der Waals surface area contributed by atoms with Crippen LogP contribution in [0.15, 0.2) is 54.6 Å². The number of hydrogen-bond acceptors (Lipinski definition) is 2. The molecule has 0 amide bonds. The Kier molecular flexibility index (Phi) is 5.26. The molecule has 1 saturated carbocycles. The van der Waals surface area contributed by atoms with Crippen molar-refractivity contribution in [1.29, 1.82) is 0 Å². The number of benzene rings is 2. The molecule has 2 nitrogen and oxygen atoms in total. The molecule has 3 rings (SSSR count). The molecule has 0 saturated heterocycles. The highest BCUT2D eigenvalue weighted by Crippen LogP contribution is 2.39. The van der Waals surface area contributed by atoms with Crippen LogP contribution in [-0.4, -0.2) is 21.9 Å². The number of carbonyl (C=O) groups is 1. The lowest BCUT2D eigenvalue weighted by Gasteiger charge is -2.37. The molecule has 1 radical (unpaired) electrons. The van der Waals surface area contributed by atoms with Crippen molar-refractivity contribution in [2.24, 2.45) is 5.41 Å². The quantitative estimate of drug-likeness (QED) is 0.588. The van der Waals surface area contributed by atoms with Gasteiger partial charge in [0.15, 0.2) is 0 Å². The molecule has 0 spiro atoms. The largest absolute Gasteiger partial charge is 0.406 e. The Morgan fingerprint density at radius 2 is 1.60 bits per heavy atom. The maximum Gasteiger partial charge on any atom is 0.282 e. The molecule has 1 aliphatic carbocycles. The van der Waals surface area contributed by atoms with Gasteiger partial charge in [0, 0.05) is 12.0 Å². The summed E-state index contributed by atoms with van der Waals surface area (Å²) >= 11 is 0. The SMILES string of the molecule is CC(C)(C)c1ccc([Si](OCC2(C=O)CCC2)c2ccccc2)cc1. The second kappa shape index (κ2) is 7.26. The molecule has 0 unspecified atom stereocenters. The zero-order valence-electron chi connectivity index (χ0n) is 15.4. The van der Waals surface area contributed by atoms with Gasteiger partial charge in [-0.15, -0.1) is 0 Å². The van der Waals surface area contributed by atoms with Gasteiger partial charge in [0.05, 0.1) is 0 Å². The van der Waals surface area contributed by atoms with Gasteiger partial charge in [-0.1, -0.05) is 81.8 Å². The predicted octanol–water partition coefficient (Wildman–Crippen LogP) is 3.48. The molecular formula is C22H27O2Si. The van der Waals surface area contributed by atoms with Crippen molar-refractivity contribution in [2.45, 2.75) is 45.4 Å². The van der Waals surface area contributed by atoms with Crippen LogP contribution in [0.1, 0.15) is 45.6 Å². The first kappa shape index (κ1) is 18.1. The average molecular weight is 352 g/mol. The van der Waals surface area contributed by atoms with Crippen molar-refractivity contribution < 1.29 is 9.22 Å². The molecule has 3 heteroatoms. The van der Waals surface area contributed by atoms with E-state index in [0.29, 0.717) is 6.61 Å². The molecule has 25 heavy (non-hydrogen) atoms. The monoisotopic (exact) mass is 351 g/mol. The highest BCUT2D eigenvalue weighted by Gasteiger charge is 2.38. The topological polar surface area (TPSA) is 26.3 Å². The van der Waals surface area contributed by atoms with E-state index in [1.807, 2.05) is 6.07 Å². The molecule has 0 N–H and O–H groups in total. The first-order valence-corrected chi connectivity index (χ1v) is 10.5. The molecule has 1 fully saturated rings. The zero-order valence-corrected chi connectivity index (χ0v) is 16.4. The zero-order chi connectivity index (χ0) is 17.9. The Balaban J connectivity index is 1.85. The lowest BCUT2D eigenvalue weighted by Crippen LogP contribution is -2.48. The van der Waals surface area contributed by atoms with Crippen LogP contribution in [0.2, 0.25) is 0 Å². The third-order valence-corrected chi connectivity index (χ3v) is 7.30. The van der Waals surface area contributed by atoms with Crippen molar-refractivity contribution in [3.05, 3.63) is 60.2 Å². The van der Waals surface area contributed by atoms with Gasteiger partial charge in [-0.05, 0) is 34.2 Å². The van der Waals surface area contributed by atoms with Gasteiger partial charge >= 0.3 is 0 Å². The Hall–Kier alpha value is -1.71. The summed E-state index contributed by atoms with van der Waals surface area (Å²) < 4.78 is 6.41. The number of rotatable bonds is 6. The van der Waals surface area contributed by atoms with Crippen molar-refractivity contribution in [2.75, 3.05) is 6.61 Å². The Morgan fingerprint density at radius 3 is 2.08 bits per heavy atom. The van der Waals surface area contributed by atoms with Crippen LogP contribution in [0.3, 0.4) is 0 Å². The van der Waals surface area contributed by atoms with Crippen LogP contribution in [0, 0.1) is 5.41 Å². The third kappa shape index (κ3) is 4.10. The van der Waals surface area contributed by atoms with Gasteiger partial charge in [-0.25, -0.2) is 0 Å². The van der Waals surface area contributed by atoms with Crippen molar-refractivity contribution >= 4 is 25.7 Å². The van der Waals surface area contributed by atoms with E-state index in [9.17, 15) is 4.79 Å². The van der Waals surface area contributed by atoms with Crippen LogP contribution in [0.4, 0.5) is 0 Å². The Bertz CT molecular complexity index is 697. The smallest absolute Gasteiger partial charge is 0.282 e. The minimum absolute atomic E-state index is 0.145. The van der Waals surface area contributed by atoms with Crippen LogP contribution in [-0.2, 0) is 14.6 Å². The van der Waals surface area contributed by atoms with Crippen LogP contribution < -0.4 is 10.4 Å². The van der Waals surface area contributed by atoms with Crippen molar-refractivity contribution in [3.63, 3.8) is 0 Å². The summed E-state index contributed by atoms with van der Waals surface area (Å²) in [5.74, 6) is 0. The van der Waals surface area contributed by atoms with Gasteiger partial charge in [-0.2, -0.15) is 0 Å². The lowest BCUT2D eigenvalue weighted by atomic mass is 9.71. The molecular weight excluding hydrogens is 324 g/mol. The fourth-order valence-corrected chi connectivity index (χ4v) is 5.25. The van der Waals surface area contributed by atoms with Crippen molar-refractivity contribution in [3.8, 4) is 0 Å². The molecule has 0 bridgehead atoms. The van der Waals surface area contributed by atoms with Gasteiger partial charge in [0.25, 0.3) is 9.04 Å². The standard InChI is InChI=1S/C22H27O2Si/c1-21(2,3)18-10-12-20(13-11-18)25(19-8-5-4-6-9-19)24-17-22(16-23)14-7-15-22/h4-6,8-13,16H,7,14-15,17H2,1-3H3. The summed E-state index contributed by atoms with van der Waals surface area (Å²) in [6.45, 7) is 7.23. The number of carbonyl (C=O) groups excluding carboxylic acids is 1. The first-order chi connectivity index (χ1) is 11.9. The van der Waals surface area contributed by atoms with Crippen LogP contribution in [0.5, 0.6) is 0 Å². The number of aldehydes is 1. The fraction of sp³-hybridized carbons (Fsp3) is 0.409. The van der Waals surface area contributed by atoms with E-state index in [-0.39, 0.29) is 10.8 Å². The third-order valence-electron chi connectivity index (χ3n) is 5.15. The summed E-state index contributed by atoms with van der Waals surface area (Å²) in [6.07, 6.45) is 4.17. The van der Waals surface area contributed by atoms with Crippen LogP contribution in [0.25, 0.3) is 0 Å². The minimum Gasteiger partial charge on any atom is -0.406 e. The van der Waals surface area contributed by atoms with Gasteiger partial charge in [0.2, 0.25) is 0 Å². The predicted molar refractivity (Wildman–Crippen MR) is 105 cm³/mol. The highest BCUT2D eigenvalue weighted by atomic mass is 28.3. The van der Waals surface area contributed by atoms with E-state index in [1.165, 1.54) is 15.9 Å². The second-order valence-corrected chi connectivity index (χ2v) is 10.2. The van der Waals surface area contributed by atoms with Crippen LogP contribution >= 0.6 is 0 Å². The summed E-state index contributed by atoms with van der Waals surface area (Å²) in [6, 6.07) is 19.3. The highest BCUT2D eigenvalue weighted by molar-refractivity contribution is 6.80. The molecule has 0 aromatic heterocycles. The summed E-state index contributed by atoms with van der Waals surface area (Å²) in [7, 11) is -1.34. The summed E-state index contributed by atoms with van der Waals surface area (Å²) in [5, 5.41) is 2.47. The lowest BCUT2D eigenvalue weighted by molar-refractivity contribution is -0.122. The molecule has 0 heterocycles. The maximum absolute atomic E-state index is 11.5. The van der Waals surface area contributed by atoms with Gasteiger partial charge in [0.1, 0.15) is 6.29 Å². The molecule has 131 valence electrons.